The number of H-pyrrole nitrogens is 1. The zero-order valence-electron chi connectivity index (χ0n) is 15.7. The van der Waals surface area contributed by atoms with Crippen molar-refractivity contribution in [2.75, 3.05) is 33.2 Å². The number of likely N-dealkylation sites (N-methyl/N-ethyl adjacent to an activating group) is 1. The Morgan fingerprint density at radius 1 is 1.14 bits per heavy atom. The maximum atomic E-state index is 12.6. The second-order valence-corrected chi connectivity index (χ2v) is 8.59. The first-order chi connectivity index (χ1) is 13.6. The van der Waals surface area contributed by atoms with Gasteiger partial charge in [-0.15, -0.1) is 0 Å². The number of thiocarbonyl (C=S) groups is 1. The summed E-state index contributed by atoms with van der Waals surface area (Å²) in [6.45, 7) is 4.04. The molecule has 1 aliphatic rings. The maximum absolute atomic E-state index is 12.6. The van der Waals surface area contributed by atoms with Crippen LogP contribution < -0.4 is 5.56 Å². The molecular weight excluding hydrogens is 388 g/mol. The average molecular weight is 411 g/mol. The van der Waals surface area contributed by atoms with Crippen molar-refractivity contribution in [2.24, 2.45) is 0 Å². The predicted molar refractivity (Wildman–Crippen MR) is 121 cm³/mol. The molecule has 5 nitrogen and oxygen atoms in total. The molecule has 3 aromatic rings. The van der Waals surface area contributed by atoms with Crippen LogP contribution in [0.3, 0.4) is 0 Å². The van der Waals surface area contributed by atoms with Crippen molar-refractivity contribution in [3.8, 4) is 11.4 Å². The first-order valence-corrected chi connectivity index (χ1v) is 10.7. The third-order valence-electron chi connectivity index (χ3n) is 4.94. The highest BCUT2D eigenvalue weighted by Gasteiger charge is 2.16. The van der Waals surface area contributed by atoms with E-state index in [2.05, 4.69) is 26.8 Å². The Hall–Kier alpha value is -2.22. The molecule has 1 saturated heterocycles. The highest BCUT2D eigenvalue weighted by molar-refractivity contribution is 8.22. The average Bonchev–Trinajstić information content (AvgIpc) is 2.73. The standard InChI is InChI=1S/C21H22N4OS2/c1-24-9-11-25(12-10-24)21(27)28-14-15-7-8-18-17(13-15)20(26)23-19(22-18)16-5-3-2-4-6-16/h2-8,13H,9-12,14H2,1H3,(H,22,23,26). The van der Waals surface area contributed by atoms with Gasteiger partial charge in [0.1, 0.15) is 10.1 Å². The molecule has 2 heterocycles. The molecule has 1 aliphatic heterocycles. The predicted octanol–water partition coefficient (Wildman–Crippen LogP) is 3.36. The summed E-state index contributed by atoms with van der Waals surface area (Å²) in [5.74, 6) is 1.34. The van der Waals surface area contributed by atoms with E-state index in [1.807, 2.05) is 48.5 Å². The molecular formula is C21H22N4OS2. The SMILES string of the molecule is CN1CCN(C(=S)SCc2ccc3nc(-c4ccccc4)[nH]c(=O)c3c2)CC1. The number of aromatic amines is 1. The van der Waals surface area contributed by atoms with Gasteiger partial charge in [0.05, 0.1) is 10.9 Å². The van der Waals surface area contributed by atoms with Crippen LogP contribution in [0.4, 0.5) is 0 Å². The maximum Gasteiger partial charge on any atom is 0.259 e. The Morgan fingerprint density at radius 2 is 1.89 bits per heavy atom. The first kappa shape index (κ1) is 19.1. The molecule has 4 rings (SSSR count). The minimum atomic E-state index is -0.114. The Bertz CT molecular complexity index is 1040. The zero-order chi connectivity index (χ0) is 19.5. The smallest absolute Gasteiger partial charge is 0.259 e. The molecule has 0 unspecified atom stereocenters. The van der Waals surface area contributed by atoms with Crippen molar-refractivity contribution >= 4 is 39.2 Å². The zero-order valence-corrected chi connectivity index (χ0v) is 17.4. The Kier molecular flexibility index (Phi) is 5.75. The van der Waals surface area contributed by atoms with E-state index in [4.69, 9.17) is 12.2 Å². The van der Waals surface area contributed by atoms with E-state index in [1.165, 1.54) is 0 Å². The minimum absolute atomic E-state index is 0.114. The first-order valence-electron chi connectivity index (χ1n) is 9.29. The molecule has 1 N–H and O–H groups in total. The quantitative estimate of drug-likeness (QED) is 0.669. The lowest BCUT2D eigenvalue weighted by atomic mass is 10.1. The molecule has 0 radical (unpaired) electrons. The topological polar surface area (TPSA) is 52.2 Å². The number of fused-ring (bicyclic) bond motifs is 1. The van der Waals surface area contributed by atoms with Crippen LogP contribution in [-0.4, -0.2) is 57.3 Å². The number of piperazine rings is 1. The largest absolute Gasteiger partial charge is 0.355 e. The lowest BCUT2D eigenvalue weighted by Gasteiger charge is -2.33. The molecule has 0 bridgehead atoms. The minimum Gasteiger partial charge on any atom is -0.355 e. The highest BCUT2D eigenvalue weighted by atomic mass is 32.2. The molecule has 1 fully saturated rings. The second-order valence-electron chi connectivity index (χ2n) is 6.98. The molecule has 0 atom stereocenters. The number of aromatic nitrogens is 2. The van der Waals surface area contributed by atoms with Gasteiger partial charge in [-0.25, -0.2) is 4.98 Å². The highest BCUT2D eigenvalue weighted by Crippen LogP contribution is 2.21. The van der Waals surface area contributed by atoms with Crippen molar-refractivity contribution in [1.29, 1.82) is 0 Å². The van der Waals surface area contributed by atoms with Gasteiger partial charge in [-0.3, -0.25) is 4.79 Å². The number of nitrogens with one attached hydrogen (secondary N) is 1. The van der Waals surface area contributed by atoms with E-state index < -0.39 is 0 Å². The second kappa shape index (κ2) is 8.43. The fourth-order valence-corrected chi connectivity index (χ4v) is 4.43. The van der Waals surface area contributed by atoms with Gasteiger partial charge in [0.25, 0.3) is 5.56 Å². The van der Waals surface area contributed by atoms with Crippen molar-refractivity contribution in [3.05, 3.63) is 64.4 Å². The van der Waals surface area contributed by atoms with Crippen LogP contribution in [0.1, 0.15) is 5.56 Å². The van der Waals surface area contributed by atoms with Crippen LogP contribution in [0.25, 0.3) is 22.3 Å². The number of hydrogen-bond acceptors (Lipinski definition) is 5. The van der Waals surface area contributed by atoms with Crippen LogP contribution >= 0.6 is 24.0 Å². The van der Waals surface area contributed by atoms with Gasteiger partial charge >= 0.3 is 0 Å². The van der Waals surface area contributed by atoms with Gasteiger partial charge < -0.3 is 14.8 Å². The molecule has 7 heteroatoms. The molecule has 144 valence electrons. The van der Waals surface area contributed by atoms with Crippen LogP contribution in [0, 0.1) is 0 Å². The number of rotatable bonds is 3. The summed E-state index contributed by atoms with van der Waals surface area (Å²) < 4.78 is 0.930. The number of benzene rings is 2. The third kappa shape index (κ3) is 4.27. The van der Waals surface area contributed by atoms with Crippen LogP contribution in [0.2, 0.25) is 0 Å². The van der Waals surface area contributed by atoms with Crippen LogP contribution in [-0.2, 0) is 5.75 Å². The Labute approximate surface area is 173 Å². The van der Waals surface area contributed by atoms with Gasteiger partial charge in [0.15, 0.2) is 0 Å². The van der Waals surface area contributed by atoms with E-state index >= 15 is 0 Å². The van der Waals surface area contributed by atoms with E-state index in [-0.39, 0.29) is 5.56 Å². The fraction of sp³-hybridized carbons (Fsp3) is 0.286. The van der Waals surface area contributed by atoms with Gasteiger partial charge in [-0.2, -0.15) is 0 Å². The number of nitrogens with zero attached hydrogens (tertiary/aromatic N) is 3. The summed E-state index contributed by atoms with van der Waals surface area (Å²) in [4.78, 5) is 24.7. The van der Waals surface area contributed by atoms with Crippen molar-refractivity contribution in [2.45, 2.75) is 5.75 Å². The monoisotopic (exact) mass is 410 g/mol. The summed E-state index contributed by atoms with van der Waals surface area (Å²) in [6.07, 6.45) is 0. The normalized spacial score (nSPS) is 15.1. The molecule has 0 saturated carbocycles. The Balaban J connectivity index is 1.49. The fourth-order valence-electron chi connectivity index (χ4n) is 3.23. The van der Waals surface area contributed by atoms with Gasteiger partial charge in [-0.1, -0.05) is 60.4 Å². The Morgan fingerprint density at radius 3 is 2.64 bits per heavy atom. The number of hydrogen-bond donors (Lipinski definition) is 1. The lowest BCUT2D eigenvalue weighted by Crippen LogP contribution is -2.45. The van der Waals surface area contributed by atoms with Crippen molar-refractivity contribution in [1.82, 2.24) is 19.8 Å². The molecule has 0 amide bonds. The summed E-state index contributed by atoms with van der Waals surface area (Å²) in [5.41, 5.74) is 2.57. The van der Waals surface area contributed by atoms with Gasteiger partial charge in [0, 0.05) is 37.5 Å². The summed E-state index contributed by atoms with van der Waals surface area (Å²) in [7, 11) is 2.14. The lowest BCUT2D eigenvalue weighted by molar-refractivity contribution is 0.220. The molecule has 0 aliphatic carbocycles. The molecule has 2 aromatic carbocycles. The van der Waals surface area contributed by atoms with E-state index in [0.717, 1.165) is 47.4 Å². The van der Waals surface area contributed by atoms with Crippen molar-refractivity contribution in [3.63, 3.8) is 0 Å². The molecule has 1 aromatic heterocycles. The van der Waals surface area contributed by atoms with Crippen molar-refractivity contribution < 1.29 is 0 Å². The van der Waals surface area contributed by atoms with E-state index in [1.54, 1.807) is 11.8 Å². The molecule has 28 heavy (non-hydrogen) atoms. The van der Waals surface area contributed by atoms with Gasteiger partial charge in [-0.05, 0) is 24.7 Å². The number of thioether (sulfide) groups is 1. The summed E-state index contributed by atoms with van der Waals surface area (Å²) in [6, 6.07) is 15.6. The van der Waals surface area contributed by atoms with E-state index in [9.17, 15) is 4.79 Å². The summed E-state index contributed by atoms with van der Waals surface area (Å²) >= 11 is 7.25. The van der Waals surface area contributed by atoms with Crippen LogP contribution in [0.5, 0.6) is 0 Å². The van der Waals surface area contributed by atoms with Crippen LogP contribution in [0.15, 0.2) is 53.3 Å². The third-order valence-corrected chi connectivity index (χ3v) is 6.54. The van der Waals surface area contributed by atoms with Gasteiger partial charge in [0.2, 0.25) is 0 Å². The molecule has 0 spiro atoms. The summed E-state index contributed by atoms with van der Waals surface area (Å²) in [5, 5.41) is 0.614. The van der Waals surface area contributed by atoms with E-state index in [0.29, 0.717) is 16.7 Å².